The Hall–Kier alpha value is -2.00. The molecule has 8 nitrogen and oxygen atoms in total. The highest BCUT2D eigenvalue weighted by Gasteiger charge is 2.31. The van der Waals surface area contributed by atoms with Gasteiger partial charge in [-0.2, -0.15) is 0 Å². The average Bonchev–Trinajstić information content (AvgIpc) is 3.13. The molecule has 3 rings (SSSR count). The summed E-state index contributed by atoms with van der Waals surface area (Å²) in [7, 11) is -3.11. The van der Waals surface area contributed by atoms with E-state index in [1.165, 1.54) is 19.1 Å². The largest absolute Gasteiger partial charge is 0.454 e. The zero-order valence-corrected chi connectivity index (χ0v) is 14.9. The van der Waals surface area contributed by atoms with Crippen LogP contribution in [0.2, 0.25) is 5.02 Å². The second-order valence-corrected chi connectivity index (χ2v) is 8.48. The summed E-state index contributed by atoms with van der Waals surface area (Å²) in [5.41, 5.74) is 0.123. The molecule has 136 valence electrons. The lowest BCUT2D eigenvalue weighted by molar-refractivity contribution is -0.129. The van der Waals surface area contributed by atoms with E-state index in [9.17, 15) is 18.0 Å². The summed E-state index contributed by atoms with van der Waals surface area (Å²) < 4.78 is 38.3. The molecule has 2 atom stereocenters. The Bertz CT molecular complexity index is 823. The number of ether oxygens (including phenoxy) is 3. The van der Waals surface area contributed by atoms with Crippen LogP contribution in [0.4, 0.5) is 0 Å². The molecule has 10 heteroatoms. The van der Waals surface area contributed by atoms with E-state index < -0.39 is 33.9 Å². The minimum absolute atomic E-state index is 0.0106. The van der Waals surface area contributed by atoms with Crippen molar-refractivity contribution in [3.63, 3.8) is 0 Å². The zero-order valence-electron chi connectivity index (χ0n) is 13.3. The molecule has 1 aromatic carbocycles. The third-order valence-corrected chi connectivity index (χ3v) is 5.94. The van der Waals surface area contributed by atoms with Crippen LogP contribution in [0.25, 0.3) is 0 Å². The Morgan fingerprint density at radius 3 is 2.80 bits per heavy atom. The first kappa shape index (κ1) is 17.8. The van der Waals surface area contributed by atoms with Gasteiger partial charge in [0.25, 0.3) is 5.91 Å². The van der Waals surface area contributed by atoms with Gasteiger partial charge in [-0.15, -0.1) is 0 Å². The Morgan fingerprint density at radius 2 is 2.12 bits per heavy atom. The molecular formula is C15H16ClNO7S. The summed E-state index contributed by atoms with van der Waals surface area (Å²) in [6.07, 6.45) is -0.730. The number of carbonyl (C=O) groups excluding carboxylic acids is 2. The van der Waals surface area contributed by atoms with E-state index in [-0.39, 0.29) is 28.9 Å². The number of hydrogen-bond acceptors (Lipinski definition) is 7. The number of nitrogens with one attached hydrogen (secondary N) is 1. The molecule has 0 radical (unpaired) electrons. The van der Waals surface area contributed by atoms with Crippen molar-refractivity contribution in [2.45, 2.75) is 25.5 Å². The highest BCUT2D eigenvalue weighted by atomic mass is 35.5. The molecule has 0 unspecified atom stereocenters. The van der Waals surface area contributed by atoms with Crippen LogP contribution < -0.4 is 14.8 Å². The van der Waals surface area contributed by atoms with E-state index in [1.54, 1.807) is 0 Å². The molecule has 0 bridgehead atoms. The molecule has 2 aliphatic rings. The molecule has 0 saturated carbocycles. The third kappa shape index (κ3) is 3.98. The van der Waals surface area contributed by atoms with Gasteiger partial charge in [0.2, 0.25) is 6.79 Å². The maximum absolute atomic E-state index is 12.2. The van der Waals surface area contributed by atoms with Crippen LogP contribution >= 0.6 is 11.6 Å². The number of rotatable bonds is 4. The molecule has 1 aromatic rings. The van der Waals surface area contributed by atoms with Gasteiger partial charge in [0.1, 0.15) is 0 Å². The minimum atomic E-state index is -3.11. The van der Waals surface area contributed by atoms with Crippen molar-refractivity contribution in [1.82, 2.24) is 5.32 Å². The van der Waals surface area contributed by atoms with E-state index in [1.807, 2.05) is 0 Å². The molecule has 25 heavy (non-hydrogen) atoms. The fourth-order valence-electron chi connectivity index (χ4n) is 2.59. The van der Waals surface area contributed by atoms with Crippen LogP contribution in [0.15, 0.2) is 12.1 Å². The second-order valence-electron chi connectivity index (χ2n) is 5.85. The van der Waals surface area contributed by atoms with Gasteiger partial charge in [-0.1, -0.05) is 11.6 Å². The Morgan fingerprint density at radius 1 is 1.36 bits per heavy atom. The van der Waals surface area contributed by atoms with Crippen molar-refractivity contribution >= 4 is 33.3 Å². The topological polar surface area (TPSA) is 108 Å². The lowest BCUT2D eigenvalue weighted by Gasteiger charge is -2.16. The number of hydrogen-bond donors (Lipinski definition) is 1. The highest BCUT2D eigenvalue weighted by Crippen LogP contribution is 2.39. The van der Waals surface area contributed by atoms with Gasteiger partial charge >= 0.3 is 5.97 Å². The molecule has 0 spiro atoms. The summed E-state index contributed by atoms with van der Waals surface area (Å²) in [5.74, 6) is -0.678. The van der Waals surface area contributed by atoms with Crippen molar-refractivity contribution < 1.29 is 32.2 Å². The molecule has 1 fully saturated rings. The SMILES string of the molecule is C[C@@H](OC(=O)c1cc(Cl)c2c(c1)OCO2)C(=O)N[C@@H]1CCS(=O)(=O)C1. The van der Waals surface area contributed by atoms with Crippen LogP contribution in [0.1, 0.15) is 23.7 Å². The van der Waals surface area contributed by atoms with E-state index in [0.29, 0.717) is 17.9 Å². The van der Waals surface area contributed by atoms with Gasteiger partial charge in [0, 0.05) is 6.04 Å². The minimum Gasteiger partial charge on any atom is -0.454 e. The summed E-state index contributed by atoms with van der Waals surface area (Å²) in [4.78, 5) is 24.3. The standard InChI is InChI=1S/C15H16ClNO7S/c1-8(14(18)17-10-2-3-25(20,21)6-10)24-15(19)9-4-11(16)13-12(5-9)22-7-23-13/h4-5,8,10H,2-3,6-7H2,1H3,(H,17,18)/t8-,10-/m1/s1. The predicted molar refractivity (Wildman–Crippen MR) is 87.7 cm³/mol. The quantitative estimate of drug-likeness (QED) is 0.762. The molecule has 1 amide bonds. The van der Waals surface area contributed by atoms with Crippen molar-refractivity contribution in [3.05, 3.63) is 22.7 Å². The number of fused-ring (bicyclic) bond motifs is 1. The Balaban J connectivity index is 1.61. The Kier molecular flexibility index (Phi) is 4.79. The third-order valence-electron chi connectivity index (χ3n) is 3.89. The van der Waals surface area contributed by atoms with Crippen LogP contribution in [-0.2, 0) is 19.4 Å². The molecule has 0 aliphatic carbocycles. The van der Waals surface area contributed by atoms with Crippen LogP contribution in [0.3, 0.4) is 0 Å². The van der Waals surface area contributed by atoms with E-state index >= 15 is 0 Å². The second kappa shape index (κ2) is 6.72. The van der Waals surface area contributed by atoms with Crippen LogP contribution in [0, 0.1) is 0 Å². The van der Waals surface area contributed by atoms with Gasteiger partial charge < -0.3 is 19.5 Å². The van der Waals surface area contributed by atoms with Gasteiger partial charge in [0.05, 0.1) is 22.1 Å². The van der Waals surface area contributed by atoms with Crippen molar-refractivity contribution in [2.75, 3.05) is 18.3 Å². The molecule has 2 aliphatic heterocycles. The predicted octanol–water partition coefficient (Wildman–Crippen LogP) is 0.917. The van der Waals surface area contributed by atoms with E-state index in [0.717, 1.165) is 0 Å². The smallest absolute Gasteiger partial charge is 0.339 e. The van der Waals surface area contributed by atoms with Gasteiger partial charge in [0.15, 0.2) is 27.4 Å². The lowest BCUT2D eigenvalue weighted by Crippen LogP contribution is -2.42. The fourth-order valence-corrected chi connectivity index (χ4v) is 4.53. The maximum Gasteiger partial charge on any atom is 0.339 e. The first-order valence-electron chi connectivity index (χ1n) is 7.56. The van der Waals surface area contributed by atoms with Crippen molar-refractivity contribution in [3.8, 4) is 11.5 Å². The van der Waals surface area contributed by atoms with Gasteiger partial charge in [-0.3, -0.25) is 4.79 Å². The van der Waals surface area contributed by atoms with E-state index in [2.05, 4.69) is 5.32 Å². The molecular weight excluding hydrogens is 374 g/mol. The number of benzene rings is 1. The average molecular weight is 390 g/mol. The number of esters is 1. The van der Waals surface area contributed by atoms with E-state index in [4.69, 9.17) is 25.8 Å². The number of amides is 1. The highest BCUT2D eigenvalue weighted by molar-refractivity contribution is 7.91. The fraction of sp³-hybridized carbons (Fsp3) is 0.467. The molecule has 1 saturated heterocycles. The van der Waals surface area contributed by atoms with Crippen LogP contribution in [0.5, 0.6) is 11.5 Å². The molecule has 0 aromatic heterocycles. The van der Waals surface area contributed by atoms with Crippen LogP contribution in [-0.4, -0.2) is 50.7 Å². The number of carbonyl (C=O) groups is 2. The monoisotopic (exact) mass is 389 g/mol. The molecule has 2 heterocycles. The first-order chi connectivity index (χ1) is 11.7. The summed E-state index contributed by atoms with van der Waals surface area (Å²) >= 11 is 6.01. The van der Waals surface area contributed by atoms with Gasteiger partial charge in [-0.25, -0.2) is 13.2 Å². The van der Waals surface area contributed by atoms with Crippen molar-refractivity contribution in [2.24, 2.45) is 0 Å². The zero-order chi connectivity index (χ0) is 18.2. The summed E-state index contributed by atoms with van der Waals surface area (Å²) in [5, 5.41) is 2.78. The van der Waals surface area contributed by atoms with Gasteiger partial charge in [-0.05, 0) is 25.5 Å². The summed E-state index contributed by atoms with van der Waals surface area (Å²) in [6.45, 7) is 1.42. The molecule has 1 N–H and O–H groups in total. The normalized spacial score (nSPS) is 21.6. The lowest BCUT2D eigenvalue weighted by atomic mass is 10.2. The summed E-state index contributed by atoms with van der Waals surface area (Å²) in [6, 6.07) is 2.33. The first-order valence-corrected chi connectivity index (χ1v) is 9.76. The Labute approximate surface area is 149 Å². The van der Waals surface area contributed by atoms with Crippen molar-refractivity contribution in [1.29, 1.82) is 0 Å². The number of halogens is 1. The number of sulfone groups is 1. The maximum atomic E-state index is 12.2.